The van der Waals surface area contributed by atoms with Gasteiger partial charge in [0, 0.05) is 12.8 Å². The molecule has 0 bridgehead atoms. The van der Waals surface area contributed by atoms with E-state index in [9.17, 15) is 4.79 Å². The molecule has 0 aromatic heterocycles. The minimum atomic E-state index is -0.369. The molecule has 0 saturated heterocycles. The summed E-state index contributed by atoms with van der Waals surface area (Å²) in [6, 6.07) is 0. The Morgan fingerprint density at radius 1 is 1.19 bits per heavy atom. The third-order valence-electron chi connectivity index (χ3n) is 5.37. The van der Waals surface area contributed by atoms with Crippen molar-refractivity contribution >= 4 is 5.78 Å². The van der Waals surface area contributed by atoms with Crippen molar-refractivity contribution in [1.29, 1.82) is 0 Å². The van der Waals surface area contributed by atoms with Gasteiger partial charge in [0.15, 0.2) is 0 Å². The molecule has 1 atom stereocenters. The number of ketones is 1. The van der Waals surface area contributed by atoms with Crippen LogP contribution in [0.5, 0.6) is 0 Å². The highest BCUT2D eigenvalue weighted by atomic mass is 16.1. The molecule has 2 aliphatic rings. The summed E-state index contributed by atoms with van der Waals surface area (Å²) in [5.74, 6) is 1.87. The van der Waals surface area contributed by atoms with Crippen LogP contribution in [0, 0.1) is 29.6 Å². The largest absolute Gasteiger partial charge is 0.299 e. The molecule has 0 aromatic carbocycles. The third-order valence-corrected chi connectivity index (χ3v) is 5.37. The monoisotopic (exact) mass is 287 g/mol. The quantitative estimate of drug-likeness (QED) is 0.650. The Labute approximate surface area is 130 Å². The van der Waals surface area contributed by atoms with E-state index in [4.69, 9.17) is 0 Å². The van der Waals surface area contributed by atoms with E-state index in [-0.39, 0.29) is 5.41 Å². The summed E-state index contributed by atoms with van der Waals surface area (Å²) in [5.41, 5.74) is 0.939. The second-order valence-electron chi connectivity index (χ2n) is 7.54. The zero-order valence-corrected chi connectivity index (χ0v) is 14.2. The fourth-order valence-electron chi connectivity index (χ4n) is 3.73. The number of carbonyl (C=O) groups is 1. The standard InChI is InChI=1S/C20H31O/c1-15(2)18-11-8-12-20(14-18,16(3)4)19(21)13-17-9-6-5-7-10-17/h8,11-12,14-17H,5-7,9-10,13H2,1-4H3. The van der Waals surface area contributed by atoms with Crippen LogP contribution in [0.3, 0.4) is 0 Å². The molecule has 1 heteroatoms. The molecule has 0 aromatic rings. The summed E-state index contributed by atoms with van der Waals surface area (Å²) < 4.78 is 0. The lowest BCUT2D eigenvalue weighted by Gasteiger charge is -2.38. The number of hydrogen-bond acceptors (Lipinski definition) is 1. The number of hydrogen-bond donors (Lipinski definition) is 0. The Morgan fingerprint density at radius 2 is 1.86 bits per heavy atom. The van der Waals surface area contributed by atoms with E-state index in [1.54, 1.807) is 0 Å². The molecule has 2 rings (SSSR count). The molecule has 1 radical (unpaired) electrons. The van der Waals surface area contributed by atoms with Crippen LogP contribution in [0.15, 0.2) is 23.8 Å². The van der Waals surface area contributed by atoms with Gasteiger partial charge in [0.25, 0.3) is 0 Å². The van der Waals surface area contributed by atoms with Crippen LogP contribution in [0.4, 0.5) is 0 Å². The van der Waals surface area contributed by atoms with Gasteiger partial charge in [-0.05, 0) is 17.8 Å². The van der Waals surface area contributed by atoms with Crippen molar-refractivity contribution in [3.05, 3.63) is 30.2 Å². The fraction of sp³-hybridized carbons (Fsp3) is 0.700. The van der Waals surface area contributed by atoms with Crippen molar-refractivity contribution in [1.82, 2.24) is 0 Å². The highest BCUT2D eigenvalue weighted by molar-refractivity contribution is 5.90. The van der Waals surface area contributed by atoms with Gasteiger partial charge in [0.05, 0.1) is 5.41 Å². The van der Waals surface area contributed by atoms with Gasteiger partial charge in [-0.2, -0.15) is 0 Å². The van der Waals surface area contributed by atoms with Gasteiger partial charge in [0.1, 0.15) is 5.78 Å². The Balaban J connectivity index is 2.13. The molecular weight excluding hydrogens is 256 g/mol. The maximum atomic E-state index is 13.1. The van der Waals surface area contributed by atoms with Gasteiger partial charge in [-0.25, -0.2) is 0 Å². The van der Waals surface area contributed by atoms with Crippen molar-refractivity contribution in [3.8, 4) is 0 Å². The average molecular weight is 287 g/mol. The topological polar surface area (TPSA) is 17.1 Å². The Morgan fingerprint density at radius 3 is 2.43 bits per heavy atom. The summed E-state index contributed by atoms with van der Waals surface area (Å²) in [4.78, 5) is 13.1. The lowest BCUT2D eigenvalue weighted by molar-refractivity contribution is -0.127. The first kappa shape index (κ1) is 16.5. The van der Waals surface area contributed by atoms with Crippen LogP contribution in [0.1, 0.15) is 66.2 Å². The summed E-state index contributed by atoms with van der Waals surface area (Å²) >= 11 is 0. The molecule has 0 spiro atoms. The van der Waals surface area contributed by atoms with Crippen molar-refractivity contribution in [2.45, 2.75) is 66.2 Å². The first-order valence-corrected chi connectivity index (χ1v) is 8.74. The molecule has 117 valence electrons. The predicted octanol–water partition coefficient (Wildman–Crippen LogP) is 5.52. The maximum Gasteiger partial charge on any atom is 0.143 e. The van der Waals surface area contributed by atoms with Crippen molar-refractivity contribution in [2.24, 2.45) is 23.2 Å². The van der Waals surface area contributed by atoms with Gasteiger partial charge in [0.2, 0.25) is 0 Å². The van der Waals surface area contributed by atoms with Gasteiger partial charge in [-0.1, -0.05) is 83.6 Å². The predicted molar refractivity (Wildman–Crippen MR) is 89.8 cm³/mol. The number of allylic oxidation sites excluding steroid dienone is 4. The van der Waals surface area contributed by atoms with Crippen molar-refractivity contribution in [3.63, 3.8) is 0 Å². The first-order chi connectivity index (χ1) is 9.95. The van der Waals surface area contributed by atoms with Gasteiger partial charge >= 0.3 is 0 Å². The Bertz CT molecular complexity index is 421. The molecular formula is C20H31O. The van der Waals surface area contributed by atoms with E-state index in [2.05, 4.69) is 52.3 Å². The van der Waals surface area contributed by atoms with Crippen LogP contribution in [-0.4, -0.2) is 5.78 Å². The third kappa shape index (κ3) is 3.67. The smallest absolute Gasteiger partial charge is 0.143 e. The molecule has 0 heterocycles. The molecule has 0 aliphatic heterocycles. The molecule has 0 N–H and O–H groups in total. The molecule has 1 saturated carbocycles. The lowest BCUT2D eigenvalue weighted by atomic mass is 9.64. The summed E-state index contributed by atoms with van der Waals surface area (Å²) in [6.07, 6.45) is 15.9. The van der Waals surface area contributed by atoms with E-state index in [1.807, 2.05) is 0 Å². The Kier molecular flexibility index (Phi) is 5.46. The lowest BCUT2D eigenvalue weighted by Crippen LogP contribution is -2.38. The van der Waals surface area contributed by atoms with Crippen LogP contribution >= 0.6 is 0 Å². The molecule has 1 nitrogen and oxygen atoms in total. The van der Waals surface area contributed by atoms with Crippen LogP contribution in [-0.2, 0) is 4.79 Å². The second-order valence-corrected chi connectivity index (χ2v) is 7.54. The summed E-state index contributed by atoms with van der Waals surface area (Å²) in [6.45, 7) is 8.78. The Hall–Kier alpha value is -0.850. The molecule has 1 fully saturated rings. The fourth-order valence-corrected chi connectivity index (χ4v) is 3.73. The van der Waals surface area contributed by atoms with Gasteiger partial charge in [-0.3, -0.25) is 4.79 Å². The van der Waals surface area contributed by atoms with Crippen LogP contribution in [0.25, 0.3) is 0 Å². The molecule has 21 heavy (non-hydrogen) atoms. The highest BCUT2D eigenvalue weighted by Crippen LogP contribution is 2.43. The van der Waals surface area contributed by atoms with E-state index in [0.717, 1.165) is 6.42 Å². The average Bonchev–Trinajstić information content (AvgIpc) is 2.48. The second kappa shape index (κ2) is 6.94. The van der Waals surface area contributed by atoms with Crippen molar-refractivity contribution in [2.75, 3.05) is 0 Å². The number of rotatable bonds is 5. The maximum absolute atomic E-state index is 13.1. The van der Waals surface area contributed by atoms with Crippen molar-refractivity contribution < 1.29 is 4.79 Å². The molecule has 0 amide bonds. The summed E-state index contributed by atoms with van der Waals surface area (Å²) in [5, 5.41) is 0. The zero-order valence-electron chi connectivity index (χ0n) is 14.2. The van der Waals surface area contributed by atoms with Crippen LogP contribution < -0.4 is 0 Å². The minimum absolute atomic E-state index is 0.326. The number of Topliss-reactive ketones (excluding diaryl/α,β-unsaturated/α-hetero) is 1. The van der Waals surface area contributed by atoms with Gasteiger partial charge in [-0.15, -0.1) is 0 Å². The van der Waals surface area contributed by atoms with Gasteiger partial charge < -0.3 is 0 Å². The van der Waals surface area contributed by atoms with E-state index < -0.39 is 0 Å². The van der Waals surface area contributed by atoms with E-state index in [0.29, 0.717) is 23.5 Å². The molecule has 1 unspecified atom stereocenters. The minimum Gasteiger partial charge on any atom is -0.299 e. The van der Waals surface area contributed by atoms with Crippen LogP contribution in [0.2, 0.25) is 0 Å². The van der Waals surface area contributed by atoms with E-state index in [1.165, 1.54) is 37.7 Å². The normalized spacial score (nSPS) is 27.2. The number of carbonyl (C=O) groups excluding carboxylic acids is 1. The first-order valence-electron chi connectivity index (χ1n) is 8.74. The molecule has 2 aliphatic carbocycles. The SMILES string of the molecule is CC(C)C1=CC=CC(C(=O)CC2CCCCC2)(C(C)C)[CH]1. The summed E-state index contributed by atoms with van der Waals surface area (Å²) in [7, 11) is 0. The zero-order chi connectivity index (χ0) is 15.5. The van der Waals surface area contributed by atoms with E-state index >= 15 is 0 Å². The highest BCUT2D eigenvalue weighted by Gasteiger charge is 2.41.